The van der Waals surface area contributed by atoms with Gasteiger partial charge in [0.05, 0.1) is 18.0 Å². The van der Waals surface area contributed by atoms with Gasteiger partial charge in [-0.3, -0.25) is 0 Å². The van der Waals surface area contributed by atoms with Crippen molar-refractivity contribution in [2.24, 2.45) is 5.92 Å². The van der Waals surface area contributed by atoms with Crippen LogP contribution in [0.15, 0.2) is 18.5 Å². The molecule has 0 radical (unpaired) electrons. The number of hydrogen-bond donors (Lipinski definition) is 3. The predicted molar refractivity (Wildman–Crippen MR) is 109 cm³/mol. The van der Waals surface area contributed by atoms with Gasteiger partial charge < -0.3 is 15.0 Å². The van der Waals surface area contributed by atoms with E-state index in [1.54, 1.807) is 20.0 Å². The number of fused-ring (bicyclic) bond motifs is 1. The maximum atomic E-state index is 12.4. The number of nitrogens with zero attached hydrogens (tertiary/aromatic N) is 1. The van der Waals surface area contributed by atoms with Gasteiger partial charge in [-0.2, -0.15) is 0 Å². The molecule has 0 aromatic carbocycles. The molecule has 2 aromatic heterocycles. The van der Waals surface area contributed by atoms with Gasteiger partial charge in [0.1, 0.15) is 11.2 Å². The first-order valence-corrected chi connectivity index (χ1v) is 11.5. The van der Waals surface area contributed by atoms with Crippen molar-refractivity contribution in [3.63, 3.8) is 0 Å². The number of carbonyl (C=O) groups is 1. The average molecular weight is 409 g/mol. The Hall–Kier alpha value is -2.13. The average Bonchev–Trinajstić information content (AvgIpc) is 3.12. The van der Waals surface area contributed by atoms with E-state index >= 15 is 0 Å². The topological polar surface area (TPSA) is 113 Å². The van der Waals surface area contributed by atoms with E-state index in [1.807, 2.05) is 6.07 Å². The van der Waals surface area contributed by atoms with Gasteiger partial charge in [-0.05, 0) is 44.6 Å². The fourth-order valence-electron chi connectivity index (χ4n) is 3.79. The van der Waals surface area contributed by atoms with Crippen molar-refractivity contribution in [3.8, 4) is 0 Å². The third kappa shape index (κ3) is 4.82. The number of anilines is 1. The molecule has 1 saturated carbocycles. The summed E-state index contributed by atoms with van der Waals surface area (Å²) in [6.07, 6.45) is 6.69. The lowest BCUT2D eigenvalue weighted by Crippen LogP contribution is -2.34. The first-order valence-electron chi connectivity index (χ1n) is 9.80. The second-order valence-electron chi connectivity index (χ2n) is 7.15. The molecule has 2 heterocycles. The lowest BCUT2D eigenvalue weighted by Gasteiger charge is -2.30. The Morgan fingerprint density at radius 2 is 2.04 bits per heavy atom. The summed E-state index contributed by atoms with van der Waals surface area (Å²) in [5, 5.41) is 4.35. The van der Waals surface area contributed by atoms with Crippen LogP contribution in [-0.4, -0.2) is 49.3 Å². The van der Waals surface area contributed by atoms with Crippen molar-refractivity contribution < 1.29 is 17.9 Å². The summed E-state index contributed by atoms with van der Waals surface area (Å²) in [5.41, 5.74) is 1.86. The summed E-state index contributed by atoms with van der Waals surface area (Å²) in [4.78, 5) is 19.7. The lowest BCUT2D eigenvalue weighted by molar-refractivity contribution is 0.0527. The summed E-state index contributed by atoms with van der Waals surface area (Å²) in [7, 11) is -3.20. The quantitative estimate of drug-likeness (QED) is 0.579. The number of rotatable bonds is 8. The van der Waals surface area contributed by atoms with E-state index in [0.717, 1.165) is 36.8 Å². The number of sulfonamides is 1. The highest BCUT2D eigenvalue weighted by atomic mass is 32.2. The zero-order chi connectivity index (χ0) is 20.1. The van der Waals surface area contributed by atoms with Gasteiger partial charge in [0.25, 0.3) is 0 Å². The number of aromatic nitrogens is 2. The van der Waals surface area contributed by atoms with E-state index in [4.69, 9.17) is 4.74 Å². The van der Waals surface area contributed by atoms with Crippen molar-refractivity contribution >= 4 is 32.7 Å². The van der Waals surface area contributed by atoms with Gasteiger partial charge in [0, 0.05) is 30.4 Å². The minimum atomic E-state index is -3.20. The Morgan fingerprint density at radius 3 is 2.71 bits per heavy atom. The van der Waals surface area contributed by atoms with Gasteiger partial charge in [-0.15, -0.1) is 0 Å². The van der Waals surface area contributed by atoms with Crippen molar-refractivity contribution in [2.45, 2.75) is 45.6 Å². The summed E-state index contributed by atoms with van der Waals surface area (Å²) in [6, 6.07) is 2.06. The van der Waals surface area contributed by atoms with Crippen molar-refractivity contribution in [2.75, 3.05) is 24.2 Å². The van der Waals surface area contributed by atoms with Crippen LogP contribution in [-0.2, 0) is 14.8 Å². The SMILES string of the molecule is CCNS(=O)(=O)C[C@H]1CC[C@H](Nc2c(C(=O)OCC)cnc3[nH]ccc23)CC1. The van der Waals surface area contributed by atoms with Crippen molar-refractivity contribution in [1.82, 2.24) is 14.7 Å². The van der Waals surface area contributed by atoms with Crippen molar-refractivity contribution in [1.29, 1.82) is 0 Å². The summed E-state index contributed by atoms with van der Waals surface area (Å²) < 4.78 is 31.7. The van der Waals surface area contributed by atoms with E-state index in [9.17, 15) is 13.2 Å². The van der Waals surface area contributed by atoms with Gasteiger partial charge in [-0.1, -0.05) is 6.92 Å². The van der Waals surface area contributed by atoms with E-state index in [2.05, 4.69) is 20.0 Å². The molecule has 1 aliphatic rings. The molecule has 2 aromatic rings. The molecule has 0 spiro atoms. The second kappa shape index (κ2) is 8.91. The molecule has 1 aliphatic carbocycles. The van der Waals surface area contributed by atoms with E-state index in [1.165, 1.54) is 6.20 Å². The Bertz CT molecular complexity index is 917. The summed E-state index contributed by atoms with van der Waals surface area (Å²) in [5.74, 6) is -0.0544. The Labute approximate surface area is 165 Å². The van der Waals surface area contributed by atoms with Crippen LogP contribution in [0.4, 0.5) is 5.69 Å². The third-order valence-electron chi connectivity index (χ3n) is 5.10. The molecule has 8 nitrogen and oxygen atoms in total. The van der Waals surface area contributed by atoms with Crippen LogP contribution >= 0.6 is 0 Å². The molecule has 3 rings (SSSR count). The van der Waals surface area contributed by atoms with Crippen molar-refractivity contribution in [3.05, 3.63) is 24.0 Å². The molecule has 0 saturated heterocycles. The Balaban J connectivity index is 1.71. The zero-order valence-electron chi connectivity index (χ0n) is 16.3. The fourth-order valence-corrected chi connectivity index (χ4v) is 5.31. The molecule has 3 N–H and O–H groups in total. The van der Waals surface area contributed by atoms with E-state index in [0.29, 0.717) is 24.4 Å². The number of hydrogen-bond acceptors (Lipinski definition) is 6. The van der Waals surface area contributed by atoms with Gasteiger partial charge >= 0.3 is 5.97 Å². The number of H-pyrrole nitrogens is 1. The number of nitrogens with one attached hydrogen (secondary N) is 3. The maximum absolute atomic E-state index is 12.4. The van der Waals surface area contributed by atoms with Crippen LogP contribution in [0, 0.1) is 5.92 Å². The van der Waals surface area contributed by atoms with Crippen LogP contribution < -0.4 is 10.0 Å². The number of ether oxygens (including phenoxy) is 1. The normalized spacial score (nSPS) is 20.2. The van der Waals surface area contributed by atoms with Gasteiger partial charge in [0.15, 0.2) is 0 Å². The summed E-state index contributed by atoms with van der Waals surface area (Å²) in [6.45, 7) is 4.28. The molecule has 154 valence electrons. The van der Waals surface area contributed by atoms with Crippen LogP contribution in [0.25, 0.3) is 11.0 Å². The molecule has 0 unspecified atom stereocenters. The lowest BCUT2D eigenvalue weighted by atomic mass is 9.87. The molecule has 0 amide bonds. The standard InChI is InChI=1S/C19H28N4O4S/c1-3-22-28(25,26)12-13-5-7-14(8-6-13)23-17-15-9-10-20-18(15)21-11-16(17)19(24)27-4-2/h9-11,13-14,22H,3-8,12H2,1-2H3,(H2,20,21,23)/t13-,14-. The molecule has 1 fully saturated rings. The molecule has 9 heteroatoms. The largest absolute Gasteiger partial charge is 0.462 e. The van der Waals surface area contributed by atoms with E-state index in [-0.39, 0.29) is 17.7 Å². The van der Waals surface area contributed by atoms with Gasteiger partial charge in [0.2, 0.25) is 10.0 Å². The number of aromatic amines is 1. The molecular formula is C19H28N4O4S. The zero-order valence-corrected chi connectivity index (χ0v) is 17.1. The van der Waals surface area contributed by atoms with Crippen LogP contribution in [0.3, 0.4) is 0 Å². The molecule has 0 atom stereocenters. The highest BCUT2D eigenvalue weighted by Gasteiger charge is 2.27. The molecule has 28 heavy (non-hydrogen) atoms. The highest BCUT2D eigenvalue weighted by molar-refractivity contribution is 7.89. The summed E-state index contributed by atoms with van der Waals surface area (Å²) >= 11 is 0. The first kappa shape index (κ1) is 20.6. The Morgan fingerprint density at radius 1 is 1.29 bits per heavy atom. The Kier molecular flexibility index (Phi) is 6.56. The minimum absolute atomic E-state index is 0.163. The van der Waals surface area contributed by atoms with Gasteiger partial charge in [-0.25, -0.2) is 22.9 Å². The highest BCUT2D eigenvalue weighted by Crippen LogP contribution is 2.32. The fraction of sp³-hybridized carbons (Fsp3) is 0.579. The van der Waals surface area contributed by atoms with Crippen LogP contribution in [0.5, 0.6) is 0 Å². The maximum Gasteiger partial charge on any atom is 0.341 e. The number of esters is 1. The third-order valence-corrected chi connectivity index (χ3v) is 6.74. The predicted octanol–water partition coefficient (Wildman–Crippen LogP) is 2.65. The monoisotopic (exact) mass is 408 g/mol. The second-order valence-corrected chi connectivity index (χ2v) is 9.00. The van der Waals surface area contributed by atoms with E-state index < -0.39 is 16.0 Å². The first-order chi connectivity index (χ1) is 13.4. The molecular weight excluding hydrogens is 380 g/mol. The smallest absolute Gasteiger partial charge is 0.341 e. The number of pyridine rings is 1. The minimum Gasteiger partial charge on any atom is -0.462 e. The molecule has 0 aliphatic heterocycles. The van der Waals surface area contributed by atoms with Crippen LogP contribution in [0.2, 0.25) is 0 Å². The van der Waals surface area contributed by atoms with Crippen LogP contribution in [0.1, 0.15) is 49.9 Å². The molecule has 0 bridgehead atoms. The number of carbonyl (C=O) groups excluding carboxylic acids is 1.